The number of benzene rings is 2. The highest BCUT2D eigenvalue weighted by atomic mass is 16.5. The maximum Gasteiger partial charge on any atom is 0.246 e. The van der Waals surface area contributed by atoms with E-state index in [1.165, 1.54) is 4.90 Å². The summed E-state index contributed by atoms with van der Waals surface area (Å²) in [7, 11) is 1.57. The number of anilines is 1. The second kappa shape index (κ2) is 10.5. The third-order valence-corrected chi connectivity index (χ3v) is 4.77. The zero-order valence-corrected chi connectivity index (χ0v) is 18.1. The Labute approximate surface area is 182 Å². The lowest BCUT2D eigenvalue weighted by atomic mass is 10.2. The van der Waals surface area contributed by atoms with Crippen LogP contribution in [-0.2, 0) is 14.3 Å². The molecule has 31 heavy (non-hydrogen) atoms. The number of para-hydroxylation sites is 1. The number of ether oxygens (including phenoxy) is 1. The van der Waals surface area contributed by atoms with Crippen molar-refractivity contribution >= 4 is 17.8 Å². The van der Waals surface area contributed by atoms with Crippen LogP contribution in [-0.4, -0.2) is 53.1 Å². The number of hydrogen-bond donors (Lipinski definition) is 1. The minimum Gasteiger partial charge on any atom is -0.383 e. The number of hydrogen-bond acceptors (Lipinski definition) is 4. The number of carbonyl (C=O) groups is 2. The topological polar surface area (TPSA) is 76.5 Å². The van der Waals surface area contributed by atoms with Crippen LogP contribution in [0.5, 0.6) is 0 Å². The predicted octanol–water partition coefficient (Wildman–Crippen LogP) is 3.61. The Hall–Kier alpha value is -3.45. The molecular weight excluding hydrogens is 392 g/mol. The maximum absolute atomic E-state index is 12.8. The van der Waals surface area contributed by atoms with Gasteiger partial charge in [0.05, 0.1) is 12.3 Å². The van der Waals surface area contributed by atoms with Gasteiger partial charge in [-0.3, -0.25) is 19.5 Å². The number of nitrogens with zero attached hydrogens (tertiary/aromatic N) is 3. The van der Waals surface area contributed by atoms with E-state index in [9.17, 15) is 9.59 Å². The Morgan fingerprint density at radius 2 is 1.71 bits per heavy atom. The first-order valence-corrected chi connectivity index (χ1v) is 10.3. The molecule has 0 saturated carbocycles. The summed E-state index contributed by atoms with van der Waals surface area (Å²) in [6.07, 6.45) is 1.89. The molecule has 0 unspecified atom stereocenters. The molecule has 0 bridgehead atoms. The average molecular weight is 421 g/mol. The highest BCUT2D eigenvalue weighted by molar-refractivity contribution is 5.94. The van der Waals surface area contributed by atoms with Gasteiger partial charge in [0.25, 0.3) is 0 Å². The average Bonchev–Trinajstić information content (AvgIpc) is 3.20. The van der Waals surface area contributed by atoms with Crippen LogP contribution in [0.1, 0.15) is 13.8 Å². The van der Waals surface area contributed by atoms with Gasteiger partial charge in [0, 0.05) is 37.0 Å². The van der Waals surface area contributed by atoms with Crippen molar-refractivity contribution in [1.82, 2.24) is 14.5 Å². The summed E-state index contributed by atoms with van der Waals surface area (Å²) in [4.78, 5) is 31.5. The van der Waals surface area contributed by atoms with Crippen molar-refractivity contribution in [3.05, 3.63) is 66.9 Å². The lowest BCUT2D eigenvalue weighted by molar-refractivity contribution is -0.138. The van der Waals surface area contributed by atoms with Crippen molar-refractivity contribution in [2.75, 3.05) is 32.1 Å². The van der Waals surface area contributed by atoms with E-state index in [0.717, 1.165) is 16.9 Å². The van der Waals surface area contributed by atoms with Gasteiger partial charge in [-0.2, -0.15) is 0 Å². The Kier molecular flexibility index (Phi) is 7.56. The van der Waals surface area contributed by atoms with Gasteiger partial charge < -0.3 is 9.64 Å². The van der Waals surface area contributed by atoms with Crippen LogP contribution in [0.3, 0.4) is 0 Å². The minimum atomic E-state index is -0.313. The fourth-order valence-corrected chi connectivity index (χ4v) is 3.17. The van der Waals surface area contributed by atoms with Crippen LogP contribution in [0.2, 0.25) is 0 Å². The number of rotatable bonds is 9. The molecule has 162 valence electrons. The number of amides is 2. The molecule has 0 saturated heterocycles. The molecule has 0 atom stereocenters. The molecule has 0 fully saturated rings. The predicted molar refractivity (Wildman–Crippen MR) is 121 cm³/mol. The summed E-state index contributed by atoms with van der Waals surface area (Å²) in [6, 6.07) is 19.4. The van der Waals surface area contributed by atoms with Crippen LogP contribution in [0.4, 0.5) is 5.95 Å². The first kappa shape index (κ1) is 22.2. The largest absolute Gasteiger partial charge is 0.383 e. The van der Waals surface area contributed by atoms with E-state index < -0.39 is 0 Å². The lowest BCUT2D eigenvalue weighted by Crippen LogP contribution is -2.42. The normalized spacial score (nSPS) is 10.8. The highest BCUT2D eigenvalue weighted by Gasteiger charge is 2.21. The Morgan fingerprint density at radius 1 is 1.06 bits per heavy atom. The summed E-state index contributed by atoms with van der Waals surface area (Å²) in [5.41, 5.74) is 2.57. The van der Waals surface area contributed by atoms with Gasteiger partial charge in [-0.25, -0.2) is 4.98 Å². The van der Waals surface area contributed by atoms with E-state index in [2.05, 4.69) is 10.3 Å². The third kappa shape index (κ3) is 5.79. The molecule has 0 aliphatic carbocycles. The molecule has 0 spiro atoms. The molecule has 0 aliphatic heterocycles. The second-order valence-corrected chi connectivity index (χ2v) is 7.48. The van der Waals surface area contributed by atoms with E-state index in [-0.39, 0.29) is 24.3 Å². The maximum atomic E-state index is 12.8. The van der Waals surface area contributed by atoms with Crippen LogP contribution < -0.4 is 5.32 Å². The third-order valence-electron chi connectivity index (χ3n) is 4.77. The zero-order valence-electron chi connectivity index (χ0n) is 18.1. The van der Waals surface area contributed by atoms with Gasteiger partial charge in [-0.15, -0.1) is 0 Å². The molecule has 0 aliphatic rings. The zero-order chi connectivity index (χ0) is 22.2. The molecule has 3 rings (SSSR count). The van der Waals surface area contributed by atoms with E-state index >= 15 is 0 Å². The molecule has 7 nitrogen and oxygen atoms in total. The fourth-order valence-electron chi connectivity index (χ4n) is 3.17. The second-order valence-electron chi connectivity index (χ2n) is 7.48. The van der Waals surface area contributed by atoms with Crippen molar-refractivity contribution in [2.45, 2.75) is 13.8 Å². The van der Waals surface area contributed by atoms with Crippen molar-refractivity contribution in [3.8, 4) is 16.9 Å². The summed E-state index contributed by atoms with van der Waals surface area (Å²) < 4.78 is 6.93. The first-order valence-electron chi connectivity index (χ1n) is 10.3. The van der Waals surface area contributed by atoms with Gasteiger partial charge in [0.15, 0.2) is 0 Å². The number of methoxy groups -OCH3 is 1. The Morgan fingerprint density at radius 3 is 2.32 bits per heavy atom. The van der Waals surface area contributed by atoms with E-state index in [1.807, 2.05) is 85.3 Å². The van der Waals surface area contributed by atoms with Gasteiger partial charge >= 0.3 is 0 Å². The van der Waals surface area contributed by atoms with E-state index in [0.29, 0.717) is 19.1 Å². The quantitative estimate of drug-likeness (QED) is 0.574. The molecule has 1 heterocycles. The van der Waals surface area contributed by atoms with Crippen LogP contribution in [0.15, 0.2) is 66.9 Å². The molecular formula is C24H28N4O3. The number of carbonyl (C=O) groups excluding carboxylic acids is 2. The van der Waals surface area contributed by atoms with Gasteiger partial charge in [0.2, 0.25) is 17.8 Å². The van der Waals surface area contributed by atoms with E-state index in [1.54, 1.807) is 7.11 Å². The van der Waals surface area contributed by atoms with Gasteiger partial charge in [-0.05, 0) is 12.1 Å². The highest BCUT2D eigenvalue weighted by Crippen LogP contribution is 2.24. The molecule has 1 N–H and O–H groups in total. The number of imidazole rings is 1. The van der Waals surface area contributed by atoms with Crippen LogP contribution >= 0.6 is 0 Å². The van der Waals surface area contributed by atoms with Crippen molar-refractivity contribution < 1.29 is 14.3 Å². The van der Waals surface area contributed by atoms with Crippen molar-refractivity contribution in [1.29, 1.82) is 0 Å². The van der Waals surface area contributed by atoms with Gasteiger partial charge in [0.1, 0.15) is 6.54 Å². The molecule has 1 aromatic heterocycles. The van der Waals surface area contributed by atoms with Crippen LogP contribution in [0, 0.1) is 5.92 Å². The Bertz CT molecular complexity index is 1000. The lowest BCUT2D eigenvalue weighted by Gasteiger charge is -2.23. The monoisotopic (exact) mass is 420 g/mol. The van der Waals surface area contributed by atoms with Crippen molar-refractivity contribution in [2.24, 2.45) is 5.92 Å². The Balaban J connectivity index is 1.86. The van der Waals surface area contributed by atoms with Gasteiger partial charge in [-0.1, -0.05) is 62.4 Å². The SMILES string of the molecule is COCCN(CC(=O)Nc1nc(-c2ccccc2)cn1-c1ccccc1)C(=O)C(C)C. The molecule has 7 heteroatoms. The number of aromatic nitrogens is 2. The first-order chi connectivity index (χ1) is 15.0. The fraction of sp³-hybridized carbons (Fsp3) is 0.292. The minimum absolute atomic E-state index is 0.0668. The van der Waals surface area contributed by atoms with E-state index in [4.69, 9.17) is 4.74 Å². The molecule has 0 radical (unpaired) electrons. The summed E-state index contributed by atoms with van der Waals surface area (Å²) in [5, 5.41) is 2.88. The molecule has 3 aromatic rings. The number of nitrogens with one attached hydrogen (secondary N) is 1. The smallest absolute Gasteiger partial charge is 0.246 e. The van der Waals surface area contributed by atoms with Crippen molar-refractivity contribution in [3.63, 3.8) is 0 Å². The summed E-state index contributed by atoms with van der Waals surface area (Å²) in [6.45, 7) is 4.27. The summed E-state index contributed by atoms with van der Waals surface area (Å²) in [5.74, 6) is -0.213. The molecule has 2 amide bonds. The molecule has 2 aromatic carbocycles. The summed E-state index contributed by atoms with van der Waals surface area (Å²) >= 11 is 0. The standard InChI is InChI=1S/C24H28N4O3/c1-18(2)23(30)27(14-15-31-3)17-22(29)26-24-25-21(19-10-6-4-7-11-19)16-28(24)20-12-8-5-9-13-20/h4-13,16,18H,14-15,17H2,1-3H3,(H,25,26,29). The van der Waals surface area contributed by atoms with Crippen LogP contribution in [0.25, 0.3) is 16.9 Å².